The van der Waals surface area contributed by atoms with Gasteiger partial charge in [0.2, 0.25) is 0 Å². The van der Waals surface area contributed by atoms with E-state index in [0.29, 0.717) is 10.6 Å². The van der Waals surface area contributed by atoms with Crippen molar-refractivity contribution in [1.82, 2.24) is 9.88 Å². The van der Waals surface area contributed by atoms with Gasteiger partial charge in [-0.3, -0.25) is 9.78 Å². The molecule has 1 N–H and O–H groups in total. The summed E-state index contributed by atoms with van der Waals surface area (Å²) in [5.74, 6) is -0.0171. The molecule has 2 rings (SSSR count). The van der Waals surface area contributed by atoms with Crippen LogP contribution in [-0.4, -0.2) is 29.4 Å². The summed E-state index contributed by atoms with van der Waals surface area (Å²) >= 11 is 6.14. The summed E-state index contributed by atoms with van der Waals surface area (Å²) in [4.78, 5) is 18.3. The van der Waals surface area contributed by atoms with Crippen molar-refractivity contribution in [3.8, 4) is 0 Å². The first-order chi connectivity index (χ1) is 11.0. The minimum Gasteiger partial charge on any atom is -0.354 e. The standard InChI is InChI=1S/C18H22ClN3O/c1-4-5-8-22(3)18(23)14-9-16(12-20-11-14)21-15-7-6-13(2)17(19)10-15/h6-7,9-12,21H,4-5,8H2,1-3H3. The van der Waals surface area contributed by atoms with Gasteiger partial charge in [-0.2, -0.15) is 0 Å². The number of anilines is 2. The predicted molar refractivity (Wildman–Crippen MR) is 95.6 cm³/mol. The number of carbonyl (C=O) groups excluding carboxylic acids is 1. The molecule has 5 heteroatoms. The van der Waals surface area contributed by atoms with Gasteiger partial charge in [0.15, 0.2) is 0 Å². The summed E-state index contributed by atoms with van der Waals surface area (Å²) in [6.07, 6.45) is 5.34. The molecule has 0 bridgehead atoms. The van der Waals surface area contributed by atoms with Gasteiger partial charge in [0.1, 0.15) is 0 Å². The second kappa shape index (κ2) is 7.97. The van der Waals surface area contributed by atoms with E-state index in [1.54, 1.807) is 17.3 Å². The van der Waals surface area contributed by atoms with Crippen LogP contribution in [0.25, 0.3) is 0 Å². The number of amides is 1. The Hall–Kier alpha value is -2.07. The number of aryl methyl sites for hydroxylation is 1. The zero-order valence-electron chi connectivity index (χ0n) is 13.8. The Morgan fingerprint density at radius 3 is 2.74 bits per heavy atom. The van der Waals surface area contributed by atoms with Crippen LogP contribution in [0.1, 0.15) is 35.7 Å². The number of halogens is 1. The Morgan fingerprint density at radius 2 is 2.04 bits per heavy atom. The lowest BCUT2D eigenvalue weighted by Crippen LogP contribution is -2.27. The van der Waals surface area contributed by atoms with Crippen LogP contribution in [-0.2, 0) is 0 Å². The predicted octanol–water partition coefficient (Wildman–Crippen LogP) is 4.66. The SMILES string of the molecule is CCCCN(C)C(=O)c1cncc(Nc2ccc(C)c(Cl)c2)c1. The van der Waals surface area contributed by atoms with Crippen molar-refractivity contribution in [3.05, 3.63) is 52.8 Å². The van der Waals surface area contributed by atoms with Crippen LogP contribution in [0.3, 0.4) is 0 Å². The minimum absolute atomic E-state index is 0.0171. The fourth-order valence-electron chi connectivity index (χ4n) is 2.18. The van der Waals surface area contributed by atoms with Crippen LogP contribution in [0.5, 0.6) is 0 Å². The number of unbranched alkanes of at least 4 members (excludes halogenated alkanes) is 1. The number of nitrogens with zero attached hydrogens (tertiary/aromatic N) is 2. The molecule has 0 atom stereocenters. The van der Waals surface area contributed by atoms with Gasteiger partial charge in [0, 0.05) is 30.5 Å². The Balaban J connectivity index is 2.13. The van der Waals surface area contributed by atoms with Gasteiger partial charge in [0.25, 0.3) is 5.91 Å². The first-order valence-corrected chi connectivity index (χ1v) is 8.12. The summed E-state index contributed by atoms with van der Waals surface area (Å²) < 4.78 is 0. The van der Waals surface area contributed by atoms with E-state index in [0.717, 1.165) is 36.3 Å². The molecule has 0 aliphatic heterocycles. The van der Waals surface area contributed by atoms with E-state index in [2.05, 4.69) is 17.2 Å². The average Bonchev–Trinajstić information content (AvgIpc) is 2.55. The third kappa shape index (κ3) is 4.70. The van der Waals surface area contributed by atoms with E-state index in [1.165, 1.54) is 0 Å². The zero-order valence-corrected chi connectivity index (χ0v) is 14.5. The molecule has 0 spiro atoms. The second-order valence-electron chi connectivity index (χ2n) is 5.63. The first kappa shape index (κ1) is 17.3. The minimum atomic E-state index is -0.0171. The fourth-order valence-corrected chi connectivity index (χ4v) is 2.36. The average molecular weight is 332 g/mol. The normalized spacial score (nSPS) is 10.4. The van der Waals surface area contributed by atoms with Crippen LogP contribution < -0.4 is 5.32 Å². The van der Waals surface area contributed by atoms with Crippen molar-refractivity contribution in [2.45, 2.75) is 26.7 Å². The van der Waals surface area contributed by atoms with Gasteiger partial charge in [-0.05, 0) is 37.1 Å². The smallest absolute Gasteiger partial charge is 0.255 e. The maximum Gasteiger partial charge on any atom is 0.255 e. The molecule has 1 heterocycles. The van der Waals surface area contributed by atoms with Gasteiger partial charge >= 0.3 is 0 Å². The molecule has 1 aromatic carbocycles. The number of hydrogen-bond donors (Lipinski definition) is 1. The first-order valence-electron chi connectivity index (χ1n) is 7.75. The molecule has 0 aliphatic carbocycles. The third-order valence-electron chi connectivity index (χ3n) is 3.64. The maximum absolute atomic E-state index is 12.4. The van der Waals surface area contributed by atoms with E-state index in [9.17, 15) is 4.79 Å². The van der Waals surface area contributed by atoms with E-state index < -0.39 is 0 Å². The fraction of sp³-hybridized carbons (Fsp3) is 0.333. The van der Waals surface area contributed by atoms with Gasteiger partial charge in [-0.15, -0.1) is 0 Å². The summed E-state index contributed by atoms with van der Waals surface area (Å²) in [5.41, 5.74) is 3.23. The molecule has 2 aromatic rings. The number of pyridine rings is 1. The molecule has 1 amide bonds. The van der Waals surface area contributed by atoms with Gasteiger partial charge in [0.05, 0.1) is 17.4 Å². The Morgan fingerprint density at radius 1 is 1.26 bits per heavy atom. The summed E-state index contributed by atoms with van der Waals surface area (Å²) in [5, 5.41) is 3.93. The number of rotatable bonds is 6. The third-order valence-corrected chi connectivity index (χ3v) is 4.05. The Labute approximate surface area is 142 Å². The summed E-state index contributed by atoms with van der Waals surface area (Å²) in [6, 6.07) is 7.57. The lowest BCUT2D eigenvalue weighted by Gasteiger charge is -2.17. The maximum atomic E-state index is 12.4. The molecular weight excluding hydrogens is 310 g/mol. The molecule has 0 saturated carbocycles. The summed E-state index contributed by atoms with van der Waals surface area (Å²) in [7, 11) is 1.82. The van der Waals surface area contributed by atoms with E-state index >= 15 is 0 Å². The monoisotopic (exact) mass is 331 g/mol. The van der Waals surface area contributed by atoms with E-state index in [1.807, 2.05) is 38.2 Å². The van der Waals surface area contributed by atoms with Crippen LogP contribution in [0.4, 0.5) is 11.4 Å². The molecule has 122 valence electrons. The molecule has 0 radical (unpaired) electrons. The quantitative estimate of drug-likeness (QED) is 0.837. The Kier molecular flexibility index (Phi) is 5.99. The van der Waals surface area contributed by atoms with Crippen molar-refractivity contribution in [2.75, 3.05) is 18.9 Å². The molecule has 0 fully saturated rings. The number of nitrogens with one attached hydrogen (secondary N) is 1. The van der Waals surface area contributed by atoms with Crippen molar-refractivity contribution in [1.29, 1.82) is 0 Å². The highest BCUT2D eigenvalue weighted by Gasteiger charge is 2.12. The van der Waals surface area contributed by atoms with Crippen LogP contribution in [0, 0.1) is 6.92 Å². The molecule has 1 aromatic heterocycles. The second-order valence-corrected chi connectivity index (χ2v) is 6.04. The zero-order chi connectivity index (χ0) is 16.8. The lowest BCUT2D eigenvalue weighted by atomic mass is 10.2. The molecule has 0 unspecified atom stereocenters. The number of aromatic nitrogens is 1. The van der Waals surface area contributed by atoms with Crippen molar-refractivity contribution >= 4 is 28.9 Å². The molecule has 0 saturated heterocycles. The van der Waals surface area contributed by atoms with Crippen molar-refractivity contribution in [2.24, 2.45) is 0 Å². The topological polar surface area (TPSA) is 45.2 Å². The van der Waals surface area contributed by atoms with Crippen LogP contribution in [0.2, 0.25) is 5.02 Å². The highest BCUT2D eigenvalue weighted by molar-refractivity contribution is 6.31. The van der Waals surface area contributed by atoms with Gasteiger partial charge in [-0.25, -0.2) is 0 Å². The number of hydrogen-bond acceptors (Lipinski definition) is 3. The molecular formula is C18H22ClN3O. The largest absolute Gasteiger partial charge is 0.354 e. The molecule has 23 heavy (non-hydrogen) atoms. The highest BCUT2D eigenvalue weighted by atomic mass is 35.5. The van der Waals surface area contributed by atoms with Crippen molar-refractivity contribution < 1.29 is 4.79 Å². The summed E-state index contributed by atoms with van der Waals surface area (Å²) in [6.45, 7) is 4.82. The highest BCUT2D eigenvalue weighted by Crippen LogP contribution is 2.23. The van der Waals surface area contributed by atoms with E-state index in [4.69, 9.17) is 11.6 Å². The van der Waals surface area contributed by atoms with Crippen LogP contribution >= 0.6 is 11.6 Å². The van der Waals surface area contributed by atoms with Crippen molar-refractivity contribution in [3.63, 3.8) is 0 Å². The number of carbonyl (C=O) groups is 1. The van der Waals surface area contributed by atoms with Gasteiger partial charge in [-0.1, -0.05) is 31.0 Å². The van der Waals surface area contributed by atoms with E-state index in [-0.39, 0.29) is 5.91 Å². The van der Waals surface area contributed by atoms with Crippen LogP contribution in [0.15, 0.2) is 36.7 Å². The lowest BCUT2D eigenvalue weighted by molar-refractivity contribution is 0.0793. The Bertz CT molecular complexity index is 688. The number of benzene rings is 1. The van der Waals surface area contributed by atoms with Gasteiger partial charge < -0.3 is 10.2 Å². The molecule has 4 nitrogen and oxygen atoms in total. The molecule has 0 aliphatic rings.